The molecule has 4 aromatic carbocycles. The summed E-state index contributed by atoms with van der Waals surface area (Å²) in [6, 6.07) is 34.9. The lowest BCUT2D eigenvalue weighted by atomic mass is 9.92. The summed E-state index contributed by atoms with van der Waals surface area (Å²) < 4.78 is 13.5. The molecule has 4 aromatic rings. The summed E-state index contributed by atoms with van der Waals surface area (Å²) >= 11 is 0. The van der Waals surface area contributed by atoms with Crippen molar-refractivity contribution in [1.82, 2.24) is 0 Å². The molecule has 0 amide bonds. The van der Waals surface area contributed by atoms with Crippen molar-refractivity contribution in [1.29, 1.82) is 0 Å². The standard InChI is InChI=1S/C12H16O3P2.C11H12O4.C6H10O3P2.2C6H6O.C5H6O3/c1-8(17-16)10(7-11(13)14)12(15)9-5-3-2-4-6-9;1-8(11(13)14)7-10(12)15-9-5-3-2-4-6-9;1-3(11-10)4-2-5(7)9-6(4)8;2*7-6-4-2-1-3-5-6;1-3-2-4(6)8-5(3)7/h2-6,8,10,17H,7,16H2,1H3,(H,13,14);2-6,8H,7H2,1H3,(H,13,14);3-4,11H,2,10H2,1H3;2*1-5,7H;3H,2H2,1H3. The molecule has 6 rings (SSSR count). The van der Waals surface area contributed by atoms with Crippen LogP contribution in [0.3, 0.4) is 0 Å². The molecule has 2 fully saturated rings. The quantitative estimate of drug-likeness (QED) is 0.0343. The van der Waals surface area contributed by atoms with Crippen molar-refractivity contribution in [2.45, 2.75) is 64.7 Å². The lowest BCUT2D eigenvalue weighted by Gasteiger charge is -2.19. The van der Waals surface area contributed by atoms with Gasteiger partial charge in [-0.3, -0.25) is 38.4 Å². The zero-order valence-corrected chi connectivity index (χ0v) is 40.6. The van der Waals surface area contributed by atoms with Crippen LogP contribution in [0.2, 0.25) is 0 Å². The molecule has 0 aliphatic carbocycles. The molecular formula is C46H56O15P4. The number of carbonyl (C=O) groups is 8. The molecule has 350 valence electrons. The van der Waals surface area contributed by atoms with E-state index in [9.17, 15) is 38.4 Å². The van der Waals surface area contributed by atoms with Gasteiger partial charge in [-0.15, -0.1) is 17.9 Å². The third kappa shape index (κ3) is 25.0. The van der Waals surface area contributed by atoms with Gasteiger partial charge in [0.2, 0.25) is 0 Å². The molecule has 0 saturated carbocycles. The maximum absolute atomic E-state index is 12.2. The molecule has 0 spiro atoms. The Kier molecular flexibility index (Phi) is 28.6. The average Bonchev–Trinajstić information content (AvgIpc) is 3.79. The number of carboxylic acids is 2. The fraction of sp³-hybridized carbons (Fsp3) is 0.304. The van der Waals surface area contributed by atoms with E-state index in [1.165, 1.54) is 6.92 Å². The molecule has 4 N–H and O–H groups in total. The van der Waals surface area contributed by atoms with Gasteiger partial charge in [0.1, 0.15) is 17.2 Å². The second-order valence-corrected chi connectivity index (χ2v) is 18.7. The van der Waals surface area contributed by atoms with Gasteiger partial charge in [-0.25, -0.2) is 0 Å². The Balaban J connectivity index is 0.000000403. The number of phenolic OH excluding ortho intramolecular Hbond substituents is 2. The number of aliphatic carboxylic acids is 2. The highest BCUT2D eigenvalue weighted by Gasteiger charge is 2.36. The lowest BCUT2D eigenvalue weighted by Crippen LogP contribution is -2.25. The third-order valence-electron chi connectivity index (χ3n) is 8.90. The van der Waals surface area contributed by atoms with E-state index < -0.39 is 41.7 Å². The number of rotatable bonds is 12. The summed E-state index contributed by atoms with van der Waals surface area (Å²) in [5, 5.41) is 34.7. The van der Waals surface area contributed by atoms with E-state index in [2.05, 4.69) is 27.3 Å². The topological polar surface area (TPSA) is 245 Å². The average molecular weight is 973 g/mol. The summed E-state index contributed by atoms with van der Waals surface area (Å²) in [5.74, 6) is -4.55. The monoisotopic (exact) mass is 972 g/mol. The van der Waals surface area contributed by atoms with E-state index in [-0.39, 0.29) is 66.6 Å². The van der Waals surface area contributed by atoms with Crippen LogP contribution in [0.1, 0.15) is 63.7 Å². The van der Waals surface area contributed by atoms with E-state index in [4.69, 9.17) is 25.2 Å². The Hall–Kier alpha value is -5.44. The number of ketones is 1. The van der Waals surface area contributed by atoms with Gasteiger partial charge < -0.3 is 34.6 Å². The first kappa shape index (κ1) is 57.6. The van der Waals surface area contributed by atoms with E-state index in [0.29, 0.717) is 39.4 Å². The predicted octanol–water partition coefficient (Wildman–Crippen LogP) is 8.33. The van der Waals surface area contributed by atoms with Crippen LogP contribution in [-0.2, 0) is 43.0 Å². The zero-order valence-electron chi connectivity index (χ0n) is 36.3. The fourth-order valence-electron chi connectivity index (χ4n) is 5.05. The first-order chi connectivity index (χ1) is 30.8. The number of ether oxygens (including phenoxy) is 3. The summed E-state index contributed by atoms with van der Waals surface area (Å²) in [7, 11) is 6.26. The van der Waals surface area contributed by atoms with Crippen molar-refractivity contribution >= 4 is 82.0 Å². The largest absolute Gasteiger partial charge is 0.508 e. The Bertz CT molecular complexity index is 2060. The maximum Gasteiger partial charge on any atom is 0.317 e. The van der Waals surface area contributed by atoms with Crippen molar-refractivity contribution in [3.63, 3.8) is 0 Å². The Morgan fingerprint density at radius 2 is 1.11 bits per heavy atom. The zero-order chi connectivity index (χ0) is 48.9. The molecule has 65 heavy (non-hydrogen) atoms. The van der Waals surface area contributed by atoms with Crippen LogP contribution in [0, 0.1) is 23.7 Å². The molecule has 15 nitrogen and oxygen atoms in total. The number of carboxylic acid groups (broad SMARTS) is 2. The molecule has 0 aromatic heterocycles. The van der Waals surface area contributed by atoms with Gasteiger partial charge in [0.05, 0.1) is 43.4 Å². The number of benzene rings is 4. The molecular weight excluding hydrogens is 916 g/mol. The molecule has 2 saturated heterocycles. The highest BCUT2D eigenvalue weighted by atomic mass is 32.0. The van der Waals surface area contributed by atoms with Gasteiger partial charge in [0.25, 0.3) is 0 Å². The number of aromatic hydroxyl groups is 2. The van der Waals surface area contributed by atoms with Gasteiger partial charge in [-0.2, -0.15) is 0 Å². The minimum Gasteiger partial charge on any atom is -0.508 e. The first-order valence-corrected chi connectivity index (χ1v) is 25.8. The number of cyclic esters (lactones) is 4. The molecule has 19 heteroatoms. The van der Waals surface area contributed by atoms with Crippen LogP contribution in [0.15, 0.2) is 121 Å². The highest BCUT2D eigenvalue weighted by molar-refractivity contribution is 8.03. The molecule has 2 aliphatic rings. The van der Waals surface area contributed by atoms with Crippen LogP contribution in [0.4, 0.5) is 0 Å². The number of para-hydroxylation sites is 3. The maximum atomic E-state index is 12.2. The van der Waals surface area contributed by atoms with Crippen molar-refractivity contribution in [3.8, 4) is 17.2 Å². The molecule has 0 bridgehead atoms. The van der Waals surface area contributed by atoms with Gasteiger partial charge in [0.15, 0.2) is 5.78 Å². The minimum atomic E-state index is -1.000. The van der Waals surface area contributed by atoms with Crippen molar-refractivity contribution in [2.75, 3.05) is 0 Å². The van der Waals surface area contributed by atoms with E-state index >= 15 is 0 Å². The fourth-order valence-corrected chi connectivity index (χ4v) is 7.43. The van der Waals surface area contributed by atoms with Crippen molar-refractivity contribution < 1.29 is 73.0 Å². The van der Waals surface area contributed by atoms with Gasteiger partial charge in [-0.1, -0.05) is 129 Å². The lowest BCUT2D eigenvalue weighted by molar-refractivity contribution is -0.154. The van der Waals surface area contributed by atoms with E-state index in [1.54, 1.807) is 110 Å². The number of hydrogen-bond donors (Lipinski definition) is 4. The van der Waals surface area contributed by atoms with Crippen LogP contribution in [0.25, 0.3) is 0 Å². The van der Waals surface area contributed by atoms with Gasteiger partial charge in [0, 0.05) is 11.5 Å². The molecule has 0 radical (unpaired) electrons. The Morgan fingerprint density at radius 3 is 1.43 bits per heavy atom. The SMILES string of the molecule is CC(CC(=O)Oc1ccccc1)C(=O)O.CC(PP)C(CC(=O)O)C(=O)c1ccccc1.CC(PP)C1CC(=O)OC1=O.CC1CC(=O)OC1=O.Oc1ccccc1.Oc1ccccc1. The third-order valence-corrected chi connectivity index (χ3v) is 13.9. The van der Waals surface area contributed by atoms with Crippen LogP contribution >= 0.6 is 34.4 Å². The molecule has 10 atom stereocenters. The second-order valence-electron chi connectivity index (χ2n) is 14.2. The normalized spacial score (nSPS) is 16.6. The summed E-state index contributed by atoms with van der Waals surface area (Å²) in [5.41, 5.74) is 0.914. The van der Waals surface area contributed by atoms with Crippen LogP contribution in [-0.4, -0.2) is 79.3 Å². The molecule has 2 heterocycles. The van der Waals surface area contributed by atoms with Crippen molar-refractivity contribution in [3.05, 3.63) is 127 Å². The first-order valence-electron chi connectivity index (χ1n) is 20.0. The predicted molar refractivity (Wildman–Crippen MR) is 255 cm³/mol. The number of hydrogen-bond acceptors (Lipinski definition) is 13. The molecule has 10 unspecified atom stereocenters. The van der Waals surface area contributed by atoms with Crippen LogP contribution < -0.4 is 4.74 Å². The number of Topliss-reactive ketones (excluding diaryl/α,β-unsaturated/α-hetero) is 1. The second kappa shape index (κ2) is 32.3. The number of phenols is 2. The van der Waals surface area contributed by atoms with Gasteiger partial charge in [-0.05, 0) is 47.7 Å². The number of carbonyl (C=O) groups excluding carboxylic acids is 6. The van der Waals surface area contributed by atoms with E-state index in [0.717, 1.165) is 0 Å². The van der Waals surface area contributed by atoms with Crippen LogP contribution in [0.5, 0.6) is 17.2 Å². The summed E-state index contributed by atoms with van der Waals surface area (Å²) in [6.45, 7) is 7.01. The summed E-state index contributed by atoms with van der Waals surface area (Å²) in [6.07, 6.45) is 0.292. The van der Waals surface area contributed by atoms with Crippen molar-refractivity contribution in [2.24, 2.45) is 23.7 Å². The highest BCUT2D eigenvalue weighted by Crippen LogP contribution is 2.37. The molecule has 2 aliphatic heterocycles. The Morgan fingerprint density at radius 1 is 0.662 bits per heavy atom. The number of esters is 5. The van der Waals surface area contributed by atoms with Gasteiger partial charge >= 0.3 is 41.8 Å². The summed E-state index contributed by atoms with van der Waals surface area (Å²) in [4.78, 5) is 86.9. The Labute approximate surface area is 386 Å². The van der Waals surface area contributed by atoms with E-state index in [1.807, 2.05) is 32.0 Å². The minimum absolute atomic E-state index is 0.0730. The smallest absolute Gasteiger partial charge is 0.317 e.